The van der Waals surface area contributed by atoms with E-state index in [1.165, 1.54) is 11.3 Å². The molecule has 4 fully saturated rings. The van der Waals surface area contributed by atoms with E-state index in [1.54, 1.807) is 50.2 Å². The molecule has 0 aliphatic carbocycles. The van der Waals surface area contributed by atoms with Gasteiger partial charge in [-0.25, -0.2) is 0 Å². The predicted molar refractivity (Wildman–Crippen MR) is 254 cm³/mol. The quantitative estimate of drug-likeness (QED) is 0.176. The molecule has 0 radical (unpaired) electrons. The molecule has 18 heteroatoms. The van der Waals surface area contributed by atoms with Gasteiger partial charge in [-0.3, -0.25) is 43.9 Å². The van der Waals surface area contributed by atoms with Crippen LogP contribution < -0.4 is 30.6 Å². The van der Waals surface area contributed by atoms with E-state index in [4.69, 9.17) is 14.2 Å². The van der Waals surface area contributed by atoms with Gasteiger partial charge in [-0.05, 0) is 120 Å². The molecule has 2 atom stereocenters. The first kappa shape index (κ1) is 46.5. The Morgan fingerprint density at radius 2 is 1.58 bits per heavy atom. The first-order valence-corrected chi connectivity index (χ1v) is 24.0. The van der Waals surface area contributed by atoms with Crippen molar-refractivity contribution in [1.29, 1.82) is 0 Å². The van der Waals surface area contributed by atoms with E-state index in [2.05, 4.69) is 25.3 Å². The second-order valence-electron chi connectivity index (χ2n) is 19.0. The van der Waals surface area contributed by atoms with E-state index in [-0.39, 0.29) is 35.8 Å². The van der Waals surface area contributed by atoms with Crippen molar-refractivity contribution >= 4 is 56.6 Å². The molecule has 1 spiro atoms. The van der Waals surface area contributed by atoms with Crippen LogP contribution in [-0.2, 0) is 27.9 Å². The first-order chi connectivity index (χ1) is 32.2. The molecule has 0 bridgehead atoms. The van der Waals surface area contributed by atoms with Crippen molar-refractivity contribution in [2.45, 2.75) is 57.2 Å². The molecule has 5 aliphatic heterocycles. The lowest BCUT2D eigenvalue weighted by Crippen LogP contribution is -2.54. The monoisotopic (exact) mass is 936 g/mol. The summed E-state index contributed by atoms with van der Waals surface area (Å²) in [6, 6.07) is 9.97. The van der Waals surface area contributed by atoms with Crippen LogP contribution in [0.2, 0.25) is 0 Å². The van der Waals surface area contributed by atoms with Crippen molar-refractivity contribution in [2.24, 2.45) is 12.5 Å². The number of fused-ring (bicyclic) bond motifs is 2. The van der Waals surface area contributed by atoms with Crippen molar-refractivity contribution in [3.8, 4) is 22.6 Å². The third-order valence-corrected chi connectivity index (χ3v) is 15.4. The summed E-state index contributed by atoms with van der Waals surface area (Å²) in [5.41, 5.74) is 4.00. The van der Waals surface area contributed by atoms with Gasteiger partial charge in [0.1, 0.15) is 17.5 Å². The van der Waals surface area contributed by atoms with Gasteiger partial charge in [-0.2, -0.15) is 0 Å². The highest BCUT2D eigenvalue weighted by Crippen LogP contribution is 2.43. The third-order valence-electron chi connectivity index (χ3n) is 14.3. The summed E-state index contributed by atoms with van der Waals surface area (Å²) in [4.78, 5) is 88.4. The average Bonchev–Trinajstić information content (AvgIpc) is 4.02. The number of piperazine rings is 1. The van der Waals surface area contributed by atoms with Gasteiger partial charge >= 0.3 is 0 Å². The number of benzene rings is 2. The number of amides is 5. The van der Waals surface area contributed by atoms with E-state index >= 15 is 0 Å². The Morgan fingerprint density at radius 3 is 2.25 bits per heavy atom. The summed E-state index contributed by atoms with van der Waals surface area (Å²) in [6.45, 7) is 9.19. The number of aromatic nitrogens is 1. The van der Waals surface area contributed by atoms with Crippen LogP contribution in [0.3, 0.4) is 0 Å². The molecular formula is C49H60N8O9S. The molecule has 2 N–H and O–H groups in total. The van der Waals surface area contributed by atoms with Gasteiger partial charge in [0.2, 0.25) is 11.8 Å². The molecule has 5 aliphatic rings. The minimum Gasteiger partial charge on any atom is -0.496 e. The fourth-order valence-corrected chi connectivity index (χ4v) is 11.6. The number of carbonyl (C=O) groups excluding carboxylic acids is 5. The first-order valence-electron chi connectivity index (χ1n) is 23.2. The number of rotatable bonds is 14. The number of piperidine rings is 2. The molecule has 5 amide bonds. The van der Waals surface area contributed by atoms with Crippen molar-refractivity contribution < 1.29 is 38.2 Å². The zero-order chi connectivity index (χ0) is 47.1. The van der Waals surface area contributed by atoms with E-state index in [1.807, 2.05) is 37.2 Å². The topological polar surface area (TPSA) is 175 Å². The fraction of sp³-hybridized carbons (Fsp3) is 0.510. The number of pyridine rings is 1. The van der Waals surface area contributed by atoms with Crippen LogP contribution in [0.25, 0.3) is 21.2 Å². The maximum Gasteiger partial charge on any atom is 0.262 e. The van der Waals surface area contributed by atoms with Crippen LogP contribution >= 0.6 is 11.3 Å². The van der Waals surface area contributed by atoms with Crippen LogP contribution in [0.15, 0.2) is 47.4 Å². The van der Waals surface area contributed by atoms with E-state index in [9.17, 15) is 28.8 Å². The number of hydrogen-bond donors (Lipinski definition) is 2. The van der Waals surface area contributed by atoms with Gasteiger partial charge in [0, 0.05) is 74.9 Å². The molecule has 7 heterocycles. The highest BCUT2D eigenvalue weighted by molar-refractivity contribution is 7.21. The molecule has 2 aromatic carbocycles. The number of anilines is 1. The number of carbonyl (C=O) groups is 5. The SMILES string of the molecule is COc1cc(-c2cn(C)c(=O)c3cc(C(=O)NCC4CC5(CCN(CCCN6CCN(c7ccc8c(c7)C(=O)N(C7CCC(=O)NC7=O)C8=O)CC6)CC5)CO4)sc23)cc(OC)c1CN(C)C. The van der Waals surface area contributed by atoms with Crippen molar-refractivity contribution in [1.82, 2.24) is 34.8 Å². The number of hydrogen-bond acceptors (Lipinski definition) is 14. The molecule has 9 rings (SSSR count). The van der Waals surface area contributed by atoms with Crippen molar-refractivity contribution in [3.05, 3.63) is 74.5 Å². The zero-order valence-corrected chi connectivity index (χ0v) is 39.8. The van der Waals surface area contributed by atoms with Crippen LogP contribution in [0.5, 0.6) is 11.5 Å². The predicted octanol–water partition coefficient (Wildman–Crippen LogP) is 3.56. The number of methoxy groups -OCH3 is 2. The largest absolute Gasteiger partial charge is 0.496 e. The molecule has 0 saturated carbocycles. The summed E-state index contributed by atoms with van der Waals surface area (Å²) < 4.78 is 20.2. The van der Waals surface area contributed by atoms with Gasteiger partial charge in [0.25, 0.3) is 23.3 Å². The summed E-state index contributed by atoms with van der Waals surface area (Å²) >= 11 is 1.31. The number of aryl methyl sites for hydroxylation is 1. The number of ether oxygens (including phenoxy) is 3. The molecule has 2 aromatic heterocycles. The lowest BCUT2D eigenvalue weighted by atomic mass is 9.76. The van der Waals surface area contributed by atoms with Gasteiger partial charge in [0.15, 0.2) is 0 Å². The van der Waals surface area contributed by atoms with Crippen molar-refractivity contribution in [3.63, 3.8) is 0 Å². The van der Waals surface area contributed by atoms with Crippen molar-refractivity contribution in [2.75, 3.05) is 98.7 Å². The number of likely N-dealkylation sites (tertiary alicyclic amines) is 1. The Morgan fingerprint density at radius 1 is 0.896 bits per heavy atom. The lowest BCUT2D eigenvalue weighted by molar-refractivity contribution is -0.136. The Hall–Kier alpha value is -5.66. The molecule has 4 aromatic rings. The van der Waals surface area contributed by atoms with E-state index < -0.39 is 29.7 Å². The van der Waals surface area contributed by atoms with Crippen LogP contribution in [0, 0.1) is 5.41 Å². The summed E-state index contributed by atoms with van der Waals surface area (Å²) in [7, 11) is 8.96. The van der Waals surface area contributed by atoms with Crippen LogP contribution in [0.1, 0.15) is 74.5 Å². The Bertz CT molecular complexity index is 2640. The smallest absolute Gasteiger partial charge is 0.262 e. The maximum atomic E-state index is 13.6. The number of imide groups is 2. The summed E-state index contributed by atoms with van der Waals surface area (Å²) in [5, 5.41) is 5.85. The molecule has 356 valence electrons. The molecule has 17 nitrogen and oxygen atoms in total. The highest BCUT2D eigenvalue weighted by Gasteiger charge is 2.45. The second-order valence-corrected chi connectivity index (χ2v) is 20.0. The number of nitrogens with one attached hydrogen (secondary N) is 2. The van der Waals surface area contributed by atoms with E-state index in [0.29, 0.717) is 52.6 Å². The number of thiophene rings is 1. The molecule has 2 unspecified atom stereocenters. The van der Waals surface area contributed by atoms with Gasteiger partial charge in [-0.15, -0.1) is 11.3 Å². The van der Waals surface area contributed by atoms with Gasteiger partial charge in [0.05, 0.1) is 53.9 Å². The highest BCUT2D eigenvalue weighted by atomic mass is 32.1. The Kier molecular flexibility index (Phi) is 13.3. The maximum absolute atomic E-state index is 13.6. The average molecular weight is 937 g/mol. The summed E-state index contributed by atoms with van der Waals surface area (Å²) in [5.74, 6) is -0.830. The normalized spacial score (nSPS) is 21.2. The Balaban J connectivity index is 0.723. The molecule has 67 heavy (non-hydrogen) atoms. The van der Waals surface area contributed by atoms with Crippen LogP contribution in [-0.4, -0.2) is 160 Å². The minimum atomic E-state index is -0.976. The number of nitrogens with zero attached hydrogens (tertiary/aromatic N) is 6. The zero-order valence-electron chi connectivity index (χ0n) is 39.0. The minimum absolute atomic E-state index is 0.0695. The standard InChI is InChI=1S/C49H60N8O9S/c1-52(2)27-37-39(64-4)21-30(22-40(37)65-5)36-28-53(3)46(61)35-24-41(67-43(35)36)45(60)50-26-32-25-49(29-66-32)11-15-54(16-12-49)13-6-14-55-17-19-56(20-18-55)31-7-8-33-34(23-31)48(63)57(47(33)62)38-9-10-42(58)51-44(38)59/h7-8,21-24,28,32,38H,6,9-20,25-27,29H2,1-5H3,(H,50,60)(H,51,58,59). The third kappa shape index (κ3) is 9.33. The summed E-state index contributed by atoms with van der Waals surface area (Å²) in [6.07, 6.45) is 6.06. The fourth-order valence-electron chi connectivity index (χ4n) is 10.5. The van der Waals surface area contributed by atoms with Crippen LogP contribution in [0.4, 0.5) is 5.69 Å². The van der Waals surface area contributed by atoms with Gasteiger partial charge < -0.3 is 38.8 Å². The van der Waals surface area contributed by atoms with E-state index in [0.717, 1.165) is 110 Å². The molecule has 4 saturated heterocycles. The lowest BCUT2D eigenvalue weighted by Gasteiger charge is -2.39. The second kappa shape index (κ2) is 19.1. The Labute approximate surface area is 393 Å². The van der Waals surface area contributed by atoms with Gasteiger partial charge in [-0.1, -0.05) is 0 Å². The molecular weight excluding hydrogens is 877 g/mol.